The summed E-state index contributed by atoms with van der Waals surface area (Å²) in [6.07, 6.45) is 0. The molecule has 2 fully saturated rings. The predicted octanol–water partition coefficient (Wildman–Crippen LogP) is 0.105. The molecule has 2 heterocycles. The van der Waals surface area contributed by atoms with E-state index < -0.39 is 9.84 Å². The van der Waals surface area contributed by atoms with Crippen LogP contribution in [-0.4, -0.2) is 51.6 Å². The van der Waals surface area contributed by atoms with E-state index in [1.54, 1.807) is 7.11 Å². The smallest absolute Gasteiger partial charge is 0.239 e. The number of hydrogen-bond donors (Lipinski definition) is 1. The number of carbonyl (C=O) groups is 1. The van der Waals surface area contributed by atoms with Gasteiger partial charge >= 0.3 is 0 Å². The number of amides is 1. The van der Waals surface area contributed by atoms with E-state index in [4.69, 9.17) is 4.74 Å². The third-order valence-electron chi connectivity index (χ3n) is 4.03. The Labute approximate surface area is 124 Å². The van der Waals surface area contributed by atoms with Crippen LogP contribution in [0.2, 0.25) is 0 Å². The fraction of sp³-hybridized carbons (Fsp3) is 0.500. The van der Waals surface area contributed by atoms with Crippen LogP contribution in [0, 0.1) is 6.92 Å². The number of anilines is 1. The molecule has 2 aliphatic rings. The molecule has 6 nitrogen and oxygen atoms in total. The summed E-state index contributed by atoms with van der Waals surface area (Å²) in [5.41, 5.74) is 1.81. The second-order valence-corrected chi connectivity index (χ2v) is 7.78. The van der Waals surface area contributed by atoms with Gasteiger partial charge in [0, 0.05) is 0 Å². The molecular formula is C14H18N2O4S. The van der Waals surface area contributed by atoms with Gasteiger partial charge in [0.15, 0.2) is 9.84 Å². The first-order valence-electron chi connectivity index (χ1n) is 6.81. The number of hydrogen-bond acceptors (Lipinski definition) is 5. The monoisotopic (exact) mass is 310 g/mol. The number of nitrogens with zero attached hydrogens (tertiary/aromatic N) is 1. The van der Waals surface area contributed by atoms with Gasteiger partial charge in [-0.3, -0.25) is 4.79 Å². The summed E-state index contributed by atoms with van der Waals surface area (Å²) in [6, 6.07) is 5.12. The first-order chi connectivity index (χ1) is 9.89. The maximum atomic E-state index is 11.9. The van der Waals surface area contributed by atoms with Gasteiger partial charge in [-0.2, -0.15) is 0 Å². The average molecular weight is 310 g/mol. The zero-order valence-electron chi connectivity index (χ0n) is 12.0. The van der Waals surface area contributed by atoms with Gasteiger partial charge < -0.3 is 15.0 Å². The molecule has 0 saturated carbocycles. The Morgan fingerprint density at radius 2 is 2.10 bits per heavy atom. The number of fused-ring (bicyclic) bond motifs is 1. The van der Waals surface area contributed by atoms with E-state index in [9.17, 15) is 13.2 Å². The molecule has 0 aliphatic carbocycles. The molecule has 114 valence electrons. The highest BCUT2D eigenvalue weighted by Crippen LogP contribution is 2.34. The van der Waals surface area contributed by atoms with Crippen molar-refractivity contribution >= 4 is 21.4 Å². The van der Waals surface area contributed by atoms with E-state index >= 15 is 0 Å². The maximum Gasteiger partial charge on any atom is 0.239 e. The quantitative estimate of drug-likeness (QED) is 0.839. The number of carbonyl (C=O) groups excluding carboxylic acids is 1. The molecule has 1 N–H and O–H groups in total. The number of aryl methyl sites for hydroxylation is 1. The highest BCUT2D eigenvalue weighted by Gasteiger charge is 2.45. The van der Waals surface area contributed by atoms with Crippen molar-refractivity contribution < 1.29 is 17.9 Å². The van der Waals surface area contributed by atoms with Gasteiger partial charge in [0.2, 0.25) is 5.91 Å². The fourth-order valence-electron chi connectivity index (χ4n) is 3.09. The molecule has 0 bridgehead atoms. The van der Waals surface area contributed by atoms with Crippen LogP contribution < -0.4 is 15.0 Å². The van der Waals surface area contributed by atoms with Gasteiger partial charge in [-0.1, -0.05) is 6.07 Å². The second-order valence-electron chi connectivity index (χ2n) is 5.62. The summed E-state index contributed by atoms with van der Waals surface area (Å²) in [7, 11) is -1.55. The summed E-state index contributed by atoms with van der Waals surface area (Å²) in [4.78, 5) is 13.8. The van der Waals surface area contributed by atoms with E-state index in [-0.39, 0.29) is 36.0 Å². The van der Waals surface area contributed by atoms with E-state index in [1.165, 1.54) is 0 Å². The van der Waals surface area contributed by atoms with Crippen molar-refractivity contribution in [1.29, 1.82) is 0 Å². The second kappa shape index (κ2) is 4.91. The van der Waals surface area contributed by atoms with Crippen molar-refractivity contribution in [2.75, 3.05) is 30.1 Å². The number of benzene rings is 1. The Balaban J connectivity index is 2.04. The molecule has 1 amide bonds. The SMILES string of the molecule is COc1ccc(C)cc1N1CC(=O)N[C@H]2CS(=O)(=O)C[C@@H]21. The van der Waals surface area contributed by atoms with Gasteiger partial charge in [-0.05, 0) is 24.6 Å². The van der Waals surface area contributed by atoms with Crippen LogP contribution >= 0.6 is 0 Å². The van der Waals surface area contributed by atoms with Crippen molar-refractivity contribution in [2.24, 2.45) is 0 Å². The van der Waals surface area contributed by atoms with E-state index in [2.05, 4.69) is 5.32 Å². The van der Waals surface area contributed by atoms with Gasteiger partial charge in [0.25, 0.3) is 0 Å². The first kappa shape index (κ1) is 14.2. The van der Waals surface area contributed by atoms with E-state index in [0.29, 0.717) is 5.75 Å². The highest BCUT2D eigenvalue weighted by atomic mass is 32.2. The molecule has 1 aromatic rings. The molecule has 2 aliphatic heterocycles. The van der Waals surface area contributed by atoms with Crippen molar-refractivity contribution in [2.45, 2.75) is 19.0 Å². The number of nitrogens with one attached hydrogen (secondary N) is 1. The molecule has 2 saturated heterocycles. The summed E-state index contributed by atoms with van der Waals surface area (Å²) < 4.78 is 29.2. The van der Waals surface area contributed by atoms with Gasteiger partial charge in [-0.15, -0.1) is 0 Å². The summed E-state index contributed by atoms with van der Waals surface area (Å²) in [5, 5.41) is 2.79. The number of rotatable bonds is 2. The third-order valence-corrected chi connectivity index (χ3v) is 5.74. The van der Waals surface area contributed by atoms with Crippen molar-refractivity contribution in [3.8, 4) is 5.75 Å². The molecule has 3 rings (SSSR count). The van der Waals surface area contributed by atoms with Crippen LogP contribution in [0.4, 0.5) is 5.69 Å². The van der Waals surface area contributed by atoms with E-state index in [0.717, 1.165) is 11.3 Å². The maximum absolute atomic E-state index is 11.9. The number of sulfone groups is 1. The molecule has 0 radical (unpaired) electrons. The van der Waals surface area contributed by atoms with Crippen LogP contribution in [0.3, 0.4) is 0 Å². The lowest BCUT2D eigenvalue weighted by atomic mass is 10.0. The topological polar surface area (TPSA) is 75.7 Å². The van der Waals surface area contributed by atoms with Crippen LogP contribution in [0.15, 0.2) is 18.2 Å². The van der Waals surface area contributed by atoms with Crippen molar-refractivity contribution in [1.82, 2.24) is 5.32 Å². The summed E-state index contributed by atoms with van der Waals surface area (Å²) >= 11 is 0. The minimum Gasteiger partial charge on any atom is -0.495 e. The molecule has 1 aromatic carbocycles. The standard InChI is InChI=1S/C14H18N2O4S/c1-9-3-4-13(20-2)11(5-9)16-6-14(17)15-10-7-21(18,19)8-12(10)16/h3-5,10,12H,6-8H2,1-2H3,(H,15,17)/t10-,12-/m0/s1. The largest absolute Gasteiger partial charge is 0.495 e. The highest BCUT2D eigenvalue weighted by molar-refractivity contribution is 7.91. The fourth-order valence-corrected chi connectivity index (χ4v) is 5.01. The van der Waals surface area contributed by atoms with Gasteiger partial charge in [-0.25, -0.2) is 8.42 Å². The lowest BCUT2D eigenvalue weighted by Gasteiger charge is -2.38. The van der Waals surface area contributed by atoms with Crippen LogP contribution in [0.25, 0.3) is 0 Å². The molecule has 0 unspecified atom stereocenters. The number of piperazine rings is 1. The minimum absolute atomic E-state index is 0.00797. The Morgan fingerprint density at radius 1 is 1.33 bits per heavy atom. The summed E-state index contributed by atoms with van der Waals surface area (Å²) in [5.74, 6) is 0.568. The predicted molar refractivity (Wildman–Crippen MR) is 79.4 cm³/mol. The molecule has 0 aromatic heterocycles. The Hall–Kier alpha value is -1.76. The Bertz CT molecular complexity index is 686. The van der Waals surface area contributed by atoms with Crippen LogP contribution in [0.5, 0.6) is 5.75 Å². The normalized spacial score (nSPS) is 27.1. The average Bonchev–Trinajstić information content (AvgIpc) is 2.71. The van der Waals surface area contributed by atoms with Crippen LogP contribution in [-0.2, 0) is 14.6 Å². The zero-order valence-corrected chi connectivity index (χ0v) is 12.8. The number of ether oxygens (including phenoxy) is 1. The molecule has 21 heavy (non-hydrogen) atoms. The number of methoxy groups -OCH3 is 1. The third kappa shape index (κ3) is 2.57. The van der Waals surface area contributed by atoms with Gasteiger partial charge in [0.05, 0.1) is 42.9 Å². The molecule has 0 spiro atoms. The Kier molecular flexibility index (Phi) is 3.32. The molecular weight excluding hydrogens is 292 g/mol. The van der Waals surface area contributed by atoms with Crippen molar-refractivity contribution in [3.05, 3.63) is 23.8 Å². The minimum atomic E-state index is -3.12. The summed E-state index contributed by atoms with van der Waals surface area (Å²) in [6.45, 7) is 2.10. The van der Waals surface area contributed by atoms with Gasteiger partial charge in [0.1, 0.15) is 5.75 Å². The molecule has 2 atom stereocenters. The van der Waals surface area contributed by atoms with Crippen molar-refractivity contribution in [3.63, 3.8) is 0 Å². The zero-order chi connectivity index (χ0) is 15.2. The van der Waals surface area contributed by atoms with E-state index in [1.807, 2.05) is 30.0 Å². The lowest BCUT2D eigenvalue weighted by Crippen LogP contribution is -2.60. The molecule has 7 heteroatoms. The first-order valence-corrected chi connectivity index (χ1v) is 8.63. The Morgan fingerprint density at radius 3 is 2.81 bits per heavy atom. The lowest BCUT2D eigenvalue weighted by molar-refractivity contribution is -0.121. The van der Waals surface area contributed by atoms with Crippen LogP contribution in [0.1, 0.15) is 5.56 Å².